The minimum absolute atomic E-state index is 0.0208. The zero-order valence-electron chi connectivity index (χ0n) is 13.8. The summed E-state index contributed by atoms with van der Waals surface area (Å²) < 4.78 is 14.0. The van der Waals surface area contributed by atoms with E-state index in [4.69, 9.17) is 11.6 Å². The number of benzene rings is 1. The van der Waals surface area contributed by atoms with Gasteiger partial charge >= 0.3 is 0 Å². The fourth-order valence-electron chi connectivity index (χ4n) is 3.19. The van der Waals surface area contributed by atoms with Gasteiger partial charge in [0.2, 0.25) is 0 Å². The van der Waals surface area contributed by atoms with Crippen LogP contribution in [-0.4, -0.2) is 36.6 Å². The zero-order valence-corrected chi connectivity index (χ0v) is 14.6. The highest BCUT2D eigenvalue weighted by atomic mass is 35.5. The third kappa shape index (κ3) is 4.18. The molecule has 0 saturated heterocycles. The van der Waals surface area contributed by atoms with E-state index in [1.807, 2.05) is 7.05 Å². The van der Waals surface area contributed by atoms with Crippen molar-refractivity contribution < 1.29 is 4.39 Å². The molecule has 1 aromatic rings. The van der Waals surface area contributed by atoms with Crippen LogP contribution in [0.3, 0.4) is 0 Å². The molecule has 0 radical (unpaired) electrons. The Balaban J connectivity index is 3.07. The van der Waals surface area contributed by atoms with E-state index in [9.17, 15) is 4.39 Å². The summed E-state index contributed by atoms with van der Waals surface area (Å²) in [5, 5.41) is 3.97. The topological polar surface area (TPSA) is 15.3 Å². The molecule has 1 aromatic carbocycles. The molecular weight excluding hydrogens is 287 g/mol. The fourth-order valence-corrected chi connectivity index (χ4v) is 3.38. The molecular formula is C17H28ClFN2. The molecule has 0 aliphatic carbocycles. The summed E-state index contributed by atoms with van der Waals surface area (Å²) in [5.74, 6) is -0.183. The van der Waals surface area contributed by atoms with Crippen LogP contribution >= 0.6 is 11.6 Å². The van der Waals surface area contributed by atoms with Gasteiger partial charge < -0.3 is 5.32 Å². The predicted molar refractivity (Wildman–Crippen MR) is 89.6 cm³/mol. The molecule has 0 heterocycles. The highest BCUT2D eigenvalue weighted by Gasteiger charge is 2.36. The Kier molecular flexibility index (Phi) is 7.11. The summed E-state index contributed by atoms with van der Waals surface area (Å²) in [6, 6.07) is 4.94. The lowest BCUT2D eigenvalue weighted by molar-refractivity contribution is 0.0727. The van der Waals surface area contributed by atoms with Gasteiger partial charge in [-0.25, -0.2) is 4.39 Å². The van der Waals surface area contributed by atoms with Gasteiger partial charge in [-0.2, -0.15) is 0 Å². The van der Waals surface area contributed by atoms with Crippen molar-refractivity contribution in [3.05, 3.63) is 34.6 Å². The number of likely N-dealkylation sites (N-methyl/N-ethyl adjacent to an activating group) is 2. The van der Waals surface area contributed by atoms with Crippen LogP contribution in [0.25, 0.3) is 0 Å². The Labute approximate surface area is 133 Å². The van der Waals surface area contributed by atoms with Gasteiger partial charge in [0.15, 0.2) is 0 Å². The first-order valence-corrected chi connectivity index (χ1v) is 8.16. The Morgan fingerprint density at radius 1 is 1.29 bits per heavy atom. The van der Waals surface area contributed by atoms with E-state index < -0.39 is 0 Å². The van der Waals surface area contributed by atoms with E-state index in [2.05, 4.69) is 37.9 Å². The van der Waals surface area contributed by atoms with E-state index in [0.717, 1.165) is 19.5 Å². The molecule has 4 heteroatoms. The molecule has 120 valence electrons. The van der Waals surface area contributed by atoms with Gasteiger partial charge in [0, 0.05) is 16.6 Å². The number of hydrogen-bond acceptors (Lipinski definition) is 2. The largest absolute Gasteiger partial charge is 0.315 e. The van der Waals surface area contributed by atoms with Crippen molar-refractivity contribution in [1.29, 1.82) is 0 Å². The molecule has 0 spiro atoms. The molecule has 0 amide bonds. The summed E-state index contributed by atoms with van der Waals surface area (Å²) in [6.07, 6.45) is 1.63. The summed E-state index contributed by atoms with van der Waals surface area (Å²) in [6.45, 7) is 10.8. The quantitative estimate of drug-likeness (QED) is 0.776. The SMILES string of the molecule is CCN(CC)C(C)(CC)C(Cc1cc(Cl)ccc1F)NC. The molecule has 2 nitrogen and oxygen atoms in total. The van der Waals surface area contributed by atoms with Crippen LogP contribution in [0.1, 0.15) is 39.7 Å². The second kappa shape index (κ2) is 8.11. The van der Waals surface area contributed by atoms with Gasteiger partial charge in [0.1, 0.15) is 5.82 Å². The van der Waals surface area contributed by atoms with Crippen molar-refractivity contribution in [2.24, 2.45) is 0 Å². The van der Waals surface area contributed by atoms with Gasteiger partial charge in [-0.3, -0.25) is 4.90 Å². The zero-order chi connectivity index (χ0) is 16.0. The summed E-state index contributed by atoms with van der Waals surface area (Å²) >= 11 is 6.01. The first-order chi connectivity index (χ1) is 9.92. The van der Waals surface area contributed by atoms with E-state index >= 15 is 0 Å². The van der Waals surface area contributed by atoms with Crippen molar-refractivity contribution in [3.8, 4) is 0 Å². The molecule has 0 aliphatic heterocycles. The molecule has 0 aliphatic rings. The van der Waals surface area contributed by atoms with Gasteiger partial charge in [-0.15, -0.1) is 0 Å². The third-order valence-electron chi connectivity index (χ3n) is 4.73. The van der Waals surface area contributed by atoms with E-state index in [-0.39, 0.29) is 17.4 Å². The first kappa shape index (κ1) is 18.4. The van der Waals surface area contributed by atoms with Gasteiger partial charge in [0.05, 0.1) is 0 Å². The van der Waals surface area contributed by atoms with Crippen LogP contribution in [-0.2, 0) is 6.42 Å². The smallest absolute Gasteiger partial charge is 0.126 e. The summed E-state index contributed by atoms with van der Waals surface area (Å²) in [5.41, 5.74) is 0.654. The Hall–Kier alpha value is -0.640. The summed E-state index contributed by atoms with van der Waals surface area (Å²) in [4.78, 5) is 2.44. The highest BCUT2D eigenvalue weighted by Crippen LogP contribution is 2.27. The third-order valence-corrected chi connectivity index (χ3v) is 4.97. The summed E-state index contributed by atoms with van der Waals surface area (Å²) in [7, 11) is 1.95. The molecule has 2 atom stereocenters. The van der Waals surface area contributed by atoms with Crippen molar-refractivity contribution in [2.45, 2.75) is 52.1 Å². The maximum Gasteiger partial charge on any atom is 0.126 e. The molecule has 0 saturated carbocycles. The molecule has 0 fully saturated rings. The Morgan fingerprint density at radius 3 is 2.38 bits per heavy atom. The molecule has 0 aromatic heterocycles. The van der Waals surface area contributed by atoms with E-state index in [1.165, 1.54) is 6.07 Å². The lowest BCUT2D eigenvalue weighted by atomic mass is 9.83. The lowest BCUT2D eigenvalue weighted by Crippen LogP contribution is -2.59. The van der Waals surface area contributed by atoms with E-state index in [0.29, 0.717) is 17.0 Å². The van der Waals surface area contributed by atoms with Gasteiger partial charge in [0.25, 0.3) is 0 Å². The predicted octanol–water partition coefficient (Wildman–Crippen LogP) is 4.12. The van der Waals surface area contributed by atoms with Crippen molar-refractivity contribution in [3.63, 3.8) is 0 Å². The van der Waals surface area contributed by atoms with Crippen LogP contribution in [0.5, 0.6) is 0 Å². The van der Waals surface area contributed by atoms with Crippen LogP contribution in [0.2, 0.25) is 5.02 Å². The molecule has 0 bridgehead atoms. The van der Waals surface area contributed by atoms with E-state index in [1.54, 1.807) is 12.1 Å². The first-order valence-electron chi connectivity index (χ1n) is 7.79. The van der Waals surface area contributed by atoms with Crippen LogP contribution < -0.4 is 5.32 Å². The van der Waals surface area contributed by atoms with Crippen molar-refractivity contribution in [1.82, 2.24) is 10.2 Å². The second-order valence-corrected chi connectivity index (χ2v) is 6.10. The van der Waals surface area contributed by atoms with Crippen LogP contribution in [0, 0.1) is 5.82 Å². The number of nitrogens with zero attached hydrogens (tertiary/aromatic N) is 1. The fraction of sp³-hybridized carbons (Fsp3) is 0.647. The monoisotopic (exact) mass is 314 g/mol. The van der Waals surface area contributed by atoms with Crippen LogP contribution in [0.15, 0.2) is 18.2 Å². The molecule has 21 heavy (non-hydrogen) atoms. The molecule has 1 rings (SSSR count). The molecule has 2 unspecified atom stereocenters. The average Bonchev–Trinajstić information content (AvgIpc) is 2.48. The lowest BCUT2D eigenvalue weighted by Gasteiger charge is -2.46. The van der Waals surface area contributed by atoms with Crippen LogP contribution in [0.4, 0.5) is 4.39 Å². The van der Waals surface area contributed by atoms with Crippen molar-refractivity contribution >= 4 is 11.6 Å². The maximum atomic E-state index is 14.0. The normalized spacial score (nSPS) is 16.0. The minimum Gasteiger partial charge on any atom is -0.315 e. The van der Waals surface area contributed by atoms with Crippen molar-refractivity contribution in [2.75, 3.05) is 20.1 Å². The van der Waals surface area contributed by atoms with Gasteiger partial charge in [-0.1, -0.05) is 32.4 Å². The second-order valence-electron chi connectivity index (χ2n) is 5.66. The number of halogens is 2. The van der Waals surface area contributed by atoms with Gasteiger partial charge in [-0.05, 0) is 63.7 Å². The highest BCUT2D eigenvalue weighted by molar-refractivity contribution is 6.30. The number of hydrogen-bond donors (Lipinski definition) is 1. The average molecular weight is 315 g/mol. The Bertz CT molecular complexity index is 448. The molecule has 1 N–H and O–H groups in total. The standard InChI is InChI=1S/C17H28ClFN2/c1-6-17(4,21(7-2)8-3)16(20-5)12-13-11-14(18)9-10-15(13)19/h9-11,16,20H,6-8,12H2,1-5H3. The number of rotatable bonds is 8. The Morgan fingerprint density at radius 2 is 1.90 bits per heavy atom. The maximum absolute atomic E-state index is 14.0. The number of nitrogens with one attached hydrogen (secondary N) is 1. The minimum atomic E-state index is -0.183.